The first-order valence-corrected chi connectivity index (χ1v) is 7.97. The van der Waals surface area contributed by atoms with Crippen molar-refractivity contribution >= 4 is 11.7 Å². The van der Waals surface area contributed by atoms with Gasteiger partial charge in [0.15, 0.2) is 0 Å². The molecule has 2 aromatic rings. The number of pyridine rings is 1. The smallest absolute Gasteiger partial charge is 0.321 e. The van der Waals surface area contributed by atoms with E-state index in [0.29, 0.717) is 31.4 Å². The minimum atomic E-state index is -0.161. The molecule has 6 heteroatoms. The second kappa shape index (κ2) is 7.79. The molecular formula is C18H21N3O3. The number of nitrogens with one attached hydrogen (secondary N) is 1. The lowest BCUT2D eigenvalue weighted by atomic mass is 10.2. The highest BCUT2D eigenvalue weighted by atomic mass is 16.5. The number of hydrogen-bond donors (Lipinski definition) is 1. The molecule has 3 rings (SSSR count). The van der Waals surface area contributed by atoms with E-state index in [1.54, 1.807) is 30.3 Å². The van der Waals surface area contributed by atoms with Gasteiger partial charge in [-0.2, -0.15) is 0 Å². The summed E-state index contributed by atoms with van der Waals surface area (Å²) in [4.78, 5) is 18.1. The fraction of sp³-hybridized carbons (Fsp3) is 0.333. The van der Waals surface area contributed by atoms with E-state index in [1.807, 2.05) is 30.3 Å². The summed E-state index contributed by atoms with van der Waals surface area (Å²) in [5.41, 5.74) is 1.72. The van der Waals surface area contributed by atoms with E-state index in [-0.39, 0.29) is 12.1 Å². The molecule has 0 unspecified atom stereocenters. The maximum Gasteiger partial charge on any atom is 0.321 e. The summed E-state index contributed by atoms with van der Waals surface area (Å²) in [6.07, 6.45) is 2.49. The van der Waals surface area contributed by atoms with Gasteiger partial charge >= 0.3 is 6.03 Å². The minimum absolute atomic E-state index is 0.126. The largest absolute Gasteiger partial charge is 0.473 e. The summed E-state index contributed by atoms with van der Waals surface area (Å²) in [5.74, 6) is 0.475. The van der Waals surface area contributed by atoms with Crippen molar-refractivity contribution in [3.05, 3.63) is 54.2 Å². The molecule has 2 amide bonds. The molecule has 1 aromatic heterocycles. The van der Waals surface area contributed by atoms with Gasteiger partial charge in [-0.05, 0) is 18.1 Å². The van der Waals surface area contributed by atoms with Gasteiger partial charge in [0, 0.05) is 31.6 Å². The van der Waals surface area contributed by atoms with Crippen molar-refractivity contribution in [1.82, 2.24) is 9.88 Å². The molecule has 1 saturated heterocycles. The van der Waals surface area contributed by atoms with E-state index in [1.165, 1.54) is 0 Å². The lowest BCUT2D eigenvalue weighted by Gasteiger charge is -2.23. The highest BCUT2D eigenvalue weighted by Crippen LogP contribution is 2.17. The van der Waals surface area contributed by atoms with Crippen molar-refractivity contribution < 1.29 is 14.3 Å². The average Bonchev–Trinajstić information content (AvgIpc) is 3.15. The molecule has 24 heavy (non-hydrogen) atoms. The number of carbonyl (C=O) groups excluding carboxylic acids is 1. The normalized spacial score (nSPS) is 16.6. The van der Waals surface area contributed by atoms with E-state index < -0.39 is 0 Å². The Bertz CT molecular complexity index is 672. The Hall–Kier alpha value is -2.60. The third-order valence-corrected chi connectivity index (χ3v) is 3.99. The fourth-order valence-electron chi connectivity index (χ4n) is 2.50. The molecule has 1 aliphatic rings. The average molecular weight is 327 g/mol. The number of benzene rings is 1. The van der Waals surface area contributed by atoms with Crippen LogP contribution in [-0.2, 0) is 11.3 Å². The standard InChI is InChI=1S/C18H21N3O3/c1-21(16-8-10-23-13-16)18(22)20-15-7-9-19-17(11-15)24-12-14-5-3-2-4-6-14/h2-7,9,11,16H,8,10,12-13H2,1H3,(H,19,20,22)/t16-/m0/s1. The second-order valence-corrected chi connectivity index (χ2v) is 5.72. The Morgan fingerprint density at radius 2 is 2.21 bits per heavy atom. The molecule has 2 heterocycles. The van der Waals surface area contributed by atoms with Gasteiger partial charge in [-0.3, -0.25) is 0 Å². The number of likely N-dealkylation sites (N-methyl/N-ethyl adjacent to an activating group) is 1. The monoisotopic (exact) mass is 327 g/mol. The number of nitrogens with zero attached hydrogens (tertiary/aromatic N) is 2. The number of rotatable bonds is 5. The molecule has 0 saturated carbocycles. The van der Waals surface area contributed by atoms with Crippen LogP contribution in [0.1, 0.15) is 12.0 Å². The maximum absolute atomic E-state index is 12.3. The lowest BCUT2D eigenvalue weighted by molar-refractivity contribution is 0.164. The molecular weight excluding hydrogens is 306 g/mol. The van der Waals surface area contributed by atoms with Crippen LogP contribution in [0.3, 0.4) is 0 Å². The molecule has 0 radical (unpaired) electrons. The first kappa shape index (κ1) is 16.3. The number of amides is 2. The number of ether oxygens (including phenoxy) is 2. The highest BCUT2D eigenvalue weighted by Gasteiger charge is 2.24. The predicted molar refractivity (Wildman–Crippen MR) is 91.0 cm³/mol. The van der Waals surface area contributed by atoms with E-state index in [4.69, 9.17) is 9.47 Å². The fourth-order valence-corrected chi connectivity index (χ4v) is 2.50. The van der Waals surface area contributed by atoms with Gasteiger partial charge < -0.3 is 19.7 Å². The first-order chi connectivity index (χ1) is 11.7. The van der Waals surface area contributed by atoms with Gasteiger partial charge in [0.2, 0.25) is 5.88 Å². The SMILES string of the molecule is CN(C(=O)Nc1ccnc(OCc2ccccc2)c1)[C@H]1CCOC1. The van der Waals surface area contributed by atoms with Crippen LogP contribution in [0.2, 0.25) is 0 Å². The molecule has 126 valence electrons. The third-order valence-electron chi connectivity index (χ3n) is 3.99. The van der Waals surface area contributed by atoms with Gasteiger partial charge in [-0.25, -0.2) is 9.78 Å². The summed E-state index contributed by atoms with van der Waals surface area (Å²) in [5, 5.41) is 2.87. The summed E-state index contributed by atoms with van der Waals surface area (Å²) < 4.78 is 11.0. The van der Waals surface area contributed by atoms with Crippen LogP contribution in [-0.4, -0.2) is 42.2 Å². The second-order valence-electron chi connectivity index (χ2n) is 5.72. The molecule has 1 aromatic carbocycles. The summed E-state index contributed by atoms with van der Waals surface area (Å²) in [7, 11) is 1.78. The summed E-state index contributed by atoms with van der Waals surface area (Å²) >= 11 is 0. The molecule has 6 nitrogen and oxygen atoms in total. The molecule has 0 spiro atoms. The molecule has 0 bridgehead atoms. The van der Waals surface area contributed by atoms with E-state index >= 15 is 0 Å². The topological polar surface area (TPSA) is 63.7 Å². The quantitative estimate of drug-likeness (QED) is 0.917. The van der Waals surface area contributed by atoms with Gasteiger partial charge in [-0.1, -0.05) is 30.3 Å². The van der Waals surface area contributed by atoms with Crippen molar-refractivity contribution in [2.24, 2.45) is 0 Å². The molecule has 1 atom stereocenters. The lowest BCUT2D eigenvalue weighted by Crippen LogP contribution is -2.40. The van der Waals surface area contributed by atoms with Gasteiger partial charge in [0.25, 0.3) is 0 Å². The number of aromatic nitrogens is 1. The van der Waals surface area contributed by atoms with Crippen LogP contribution in [0.4, 0.5) is 10.5 Å². The number of hydrogen-bond acceptors (Lipinski definition) is 4. The molecule has 1 N–H and O–H groups in total. The minimum Gasteiger partial charge on any atom is -0.473 e. The van der Waals surface area contributed by atoms with Crippen molar-refractivity contribution in [2.45, 2.75) is 19.1 Å². The van der Waals surface area contributed by atoms with Crippen LogP contribution in [0.15, 0.2) is 48.7 Å². The summed E-state index contributed by atoms with van der Waals surface area (Å²) in [6.45, 7) is 1.73. The molecule has 0 aliphatic carbocycles. The van der Waals surface area contributed by atoms with Crippen LogP contribution in [0.25, 0.3) is 0 Å². The number of carbonyl (C=O) groups is 1. The van der Waals surface area contributed by atoms with Crippen molar-refractivity contribution in [3.63, 3.8) is 0 Å². The van der Waals surface area contributed by atoms with Crippen molar-refractivity contribution in [1.29, 1.82) is 0 Å². The Kier molecular flexibility index (Phi) is 5.28. The van der Waals surface area contributed by atoms with Crippen molar-refractivity contribution in [3.8, 4) is 5.88 Å². The Labute approximate surface area is 141 Å². The molecule has 1 fully saturated rings. The highest BCUT2D eigenvalue weighted by molar-refractivity contribution is 5.89. The van der Waals surface area contributed by atoms with Gasteiger partial charge in [0.05, 0.1) is 12.6 Å². The van der Waals surface area contributed by atoms with Crippen LogP contribution < -0.4 is 10.1 Å². The zero-order valence-corrected chi connectivity index (χ0v) is 13.6. The number of anilines is 1. The van der Waals surface area contributed by atoms with Crippen LogP contribution >= 0.6 is 0 Å². The van der Waals surface area contributed by atoms with Crippen LogP contribution in [0, 0.1) is 0 Å². The predicted octanol–water partition coefficient (Wildman–Crippen LogP) is 2.91. The maximum atomic E-state index is 12.3. The molecule has 1 aliphatic heterocycles. The van der Waals surface area contributed by atoms with Crippen molar-refractivity contribution in [2.75, 3.05) is 25.6 Å². The Morgan fingerprint density at radius 3 is 2.96 bits per heavy atom. The zero-order chi connectivity index (χ0) is 16.8. The van der Waals surface area contributed by atoms with E-state index in [9.17, 15) is 4.79 Å². The summed E-state index contributed by atoms with van der Waals surface area (Å²) in [6, 6.07) is 13.3. The van der Waals surface area contributed by atoms with E-state index in [2.05, 4.69) is 10.3 Å². The first-order valence-electron chi connectivity index (χ1n) is 7.97. The third kappa shape index (κ3) is 4.23. The zero-order valence-electron chi connectivity index (χ0n) is 13.6. The van der Waals surface area contributed by atoms with Crippen LogP contribution in [0.5, 0.6) is 5.88 Å². The van der Waals surface area contributed by atoms with E-state index in [0.717, 1.165) is 12.0 Å². The Balaban J connectivity index is 1.57. The number of urea groups is 1. The van der Waals surface area contributed by atoms with Gasteiger partial charge in [-0.15, -0.1) is 0 Å². The van der Waals surface area contributed by atoms with Gasteiger partial charge in [0.1, 0.15) is 6.61 Å². The Morgan fingerprint density at radius 1 is 1.38 bits per heavy atom.